The molecule has 1 heteroatoms. The van der Waals surface area contributed by atoms with Gasteiger partial charge >= 0.3 is 0 Å². The van der Waals surface area contributed by atoms with E-state index in [2.05, 4.69) is 57.2 Å². The fourth-order valence-electron chi connectivity index (χ4n) is 2.24. The normalized spacial score (nSPS) is 23.8. The van der Waals surface area contributed by atoms with E-state index in [9.17, 15) is 0 Å². The summed E-state index contributed by atoms with van der Waals surface area (Å²) >= 11 is 0. The summed E-state index contributed by atoms with van der Waals surface area (Å²) in [4.78, 5) is 0. The average Bonchev–Trinajstić information content (AvgIpc) is 2.71. The van der Waals surface area contributed by atoms with Crippen molar-refractivity contribution in [3.63, 3.8) is 0 Å². The quantitative estimate of drug-likeness (QED) is 0.637. The Kier molecular flexibility index (Phi) is 3.68. The first-order chi connectivity index (χ1) is 8.27. The van der Waals surface area contributed by atoms with Crippen LogP contribution >= 0.6 is 0 Å². The first-order valence-corrected chi connectivity index (χ1v) is 6.38. The van der Waals surface area contributed by atoms with Crippen LogP contribution in [0.4, 0.5) is 0 Å². The van der Waals surface area contributed by atoms with E-state index in [1.807, 2.05) is 6.07 Å². The third-order valence-corrected chi connectivity index (χ3v) is 2.98. The Bertz CT molecular complexity index is 443. The molecule has 90 valence electrons. The van der Waals surface area contributed by atoms with E-state index in [-0.39, 0.29) is 6.10 Å². The molecular weight excluding hydrogens is 208 g/mol. The molecule has 0 aromatic heterocycles. The largest absolute Gasteiger partial charge is 0.485 e. The monoisotopic (exact) mass is 228 g/mol. The highest BCUT2D eigenvalue weighted by Crippen LogP contribution is 2.42. The second-order valence-electron chi connectivity index (χ2n) is 4.60. The highest BCUT2D eigenvalue weighted by molar-refractivity contribution is 5.48. The molecule has 2 atom stereocenters. The summed E-state index contributed by atoms with van der Waals surface area (Å²) in [5.41, 5.74) is 2.63. The number of benzene rings is 1. The molecule has 0 fully saturated rings. The molecule has 0 spiro atoms. The molecule has 1 aromatic rings. The Balaban J connectivity index is 0.000000329. The van der Waals surface area contributed by atoms with Crippen molar-refractivity contribution in [1.82, 2.24) is 0 Å². The Morgan fingerprint density at radius 3 is 2.65 bits per heavy atom. The molecule has 1 aromatic carbocycles. The molecule has 1 aliphatic heterocycles. The Morgan fingerprint density at radius 2 is 1.88 bits per heavy atom. The standard InChI is InChI=1S/C13H12O.C3H8/c1-9-5-4-7-11-10-6-2-3-8-12(10)14-13(9)11;1-3-2/h2-8,11,13H,1H3;3H2,1-2H3. The van der Waals surface area contributed by atoms with Crippen molar-refractivity contribution in [2.45, 2.75) is 39.2 Å². The minimum atomic E-state index is 0.234. The minimum Gasteiger partial charge on any atom is -0.485 e. The van der Waals surface area contributed by atoms with E-state index in [0.717, 1.165) is 5.75 Å². The van der Waals surface area contributed by atoms with Crippen molar-refractivity contribution in [2.75, 3.05) is 0 Å². The fourth-order valence-corrected chi connectivity index (χ4v) is 2.24. The van der Waals surface area contributed by atoms with Gasteiger partial charge in [0.05, 0.1) is 0 Å². The van der Waals surface area contributed by atoms with Crippen LogP contribution in [-0.2, 0) is 0 Å². The van der Waals surface area contributed by atoms with E-state index < -0.39 is 0 Å². The van der Waals surface area contributed by atoms with Crippen molar-refractivity contribution in [2.24, 2.45) is 0 Å². The molecule has 0 saturated carbocycles. The van der Waals surface area contributed by atoms with Crippen LogP contribution in [-0.4, -0.2) is 6.10 Å². The zero-order chi connectivity index (χ0) is 12.3. The SMILES string of the molecule is CC1=CC=CC2c3ccccc3OC12.CCC. The second kappa shape index (κ2) is 5.22. The number of allylic oxidation sites excluding steroid dienone is 2. The van der Waals surface area contributed by atoms with Crippen molar-refractivity contribution in [3.8, 4) is 5.75 Å². The predicted octanol–water partition coefficient (Wildman–Crippen LogP) is 4.46. The van der Waals surface area contributed by atoms with Crippen LogP contribution in [0.5, 0.6) is 5.75 Å². The van der Waals surface area contributed by atoms with Crippen molar-refractivity contribution in [3.05, 3.63) is 53.6 Å². The van der Waals surface area contributed by atoms with E-state index >= 15 is 0 Å². The van der Waals surface area contributed by atoms with Gasteiger partial charge in [-0.1, -0.05) is 56.7 Å². The molecule has 2 aliphatic rings. The van der Waals surface area contributed by atoms with E-state index in [1.165, 1.54) is 17.6 Å². The lowest BCUT2D eigenvalue weighted by molar-refractivity contribution is 0.255. The first-order valence-electron chi connectivity index (χ1n) is 6.38. The third-order valence-electron chi connectivity index (χ3n) is 2.98. The summed E-state index contributed by atoms with van der Waals surface area (Å²) in [6.07, 6.45) is 7.97. The van der Waals surface area contributed by atoms with Gasteiger partial charge in [-0.3, -0.25) is 0 Å². The van der Waals surface area contributed by atoms with E-state index in [0.29, 0.717) is 5.92 Å². The third kappa shape index (κ3) is 2.28. The van der Waals surface area contributed by atoms with Crippen LogP contribution in [0.2, 0.25) is 0 Å². The van der Waals surface area contributed by atoms with E-state index in [4.69, 9.17) is 4.74 Å². The summed E-state index contributed by atoms with van der Waals surface area (Å²) < 4.78 is 5.90. The molecule has 1 aliphatic carbocycles. The number of hydrogen-bond acceptors (Lipinski definition) is 1. The molecule has 1 nitrogen and oxygen atoms in total. The van der Waals surface area contributed by atoms with Gasteiger partial charge in [0.2, 0.25) is 0 Å². The molecule has 2 unspecified atom stereocenters. The van der Waals surface area contributed by atoms with Crippen molar-refractivity contribution >= 4 is 0 Å². The number of fused-ring (bicyclic) bond motifs is 3. The Hall–Kier alpha value is -1.50. The molecule has 0 N–H and O–H groups in total. The maximum Gasteiger partial charge on any atom is 0.130 e. The predicted molar refractivity (Wildman–Crippen MR) is 72.5 cm³/mol. The van der Waals surface area contributed by atoms with E-state index in [1.54, 1.807) is 0 Å². The number of para-hydroxylation sites is 1. The van der Waals surface area contributed by atoms with Crippen LogP contribution in [0.25, 0.3) is 0 Å². The summed E-state index contributed by atoms with van der Waals surface area (Å²) in [6.45, 7) is 6.38. The number of hydrogen-bond donors (Lipinski definition) is 0. The highest BCUT2D eigenvalue weighted by atomic mass is 16.5. The van der Waals surface area contributed by atoms with Crippen LogP contribution in [0.15, 0.2) is 48.1 Å². The van der Waals surface area contributed by atoms with Gasteiger partial charge in [-0.25, -0.2) is 0 Å². The van der Waals surface area contributed by atoms with Gasteiger partial charge in [0, 0.05) is 11.5 Å². The summed E-state index contributed by atoms with van der Waals surface area (Å²) in [5, 5.41) is 0. The van der Waals surface area contributed by atoms with Crippen molar-refractivity contribution < 1.29 is 4.74 Å². The van der Waals surface area contributed by atoms with Gasteiger partial charge < -0.3 is 4.74 Å². The van der Waals surface area contributed by atoms with Gasteiger partial charge in [0.25, 0.3) is 0 Å². The second-order valence-corrected chi connectivity index (χ2v) is 4.60. The number of ether oxygens (including phenoxy) is 1. The topological polar surface area (TPSA) is 9.23 Å². The zero-order valence-electron chi connectivity index (χ0n) is 10.8. The van der Waals surface area contributed by atoms with Crippen LogP contribution in [0, 0.1) is 0 Å². The molecular formula is C16H20O. The average molecular weight is 228 g/mol. The Morgan fingerprint density at radius 1 is 1.18 bits per heavy atom. The Labute approximate surface area is 104 Å². The maximum atomic E-state index is 5.90. The first kappa shape index (κ1) is 12.0. The molecule has 0 radical (unpaired) electrons. The maximum absolute atomic E-state index is 5.90. The van der Waals surface area contributed by atoms with Gasteiger partial charge in [-0.05, 0) is 18.6 Å². The fraction of sp³-hybridized carbons (Fsp3) is 0.375. The zero-order valence-corrected chi connectivity index (χ0v) is 10.8. The molecule has 0 amide bonds. The number of rotatable bonds is 0. The summed E-state index contributed by atoms with van der Waals surface area (Å²) in [5.74, 6) is 1.47. The lowest BCUT2D eigenvalue weighted by atomic mass is 9.88. The summed E-state index contributed by atoms with van der Waals surface area (Å²) in [6, 6.07) is 8.31. The molecule has 0 saturated heterocycles. The lowest BCUT2D eigenvalue weighted by Crippen LogP contribution is -2.20. The van der Waals surface area contributed by atoms with Gasteiger partial charge in [-0.2, -0.15) is 0 Å². The minimum absolute atomic E-state index is 0.234. The molecule has 1 heterocycles. The molecule has 0 bridgehead atoms. The van der Waals surface area contributed by atoms with Crippen LogP contribution in [0.3, 0.4) is 0 Å². The lowest BCUT2D eigenvalue weighted by Gasteiger charge is -2.19. The van der Waals surface area contributed by atoms with Gasteiger partial charge in [-0.15, -0.1) is 0 Å². The molecule has 17 heavy (non-hydrogen) atoms. The molecule has 3 rings (SSSR count). The van der Waals surface area contributed by atoms with Gasteiger partial charge in [0.1, 0.15) is 11.9 Å². The van der Waals surface area contributed by atoms with Crippen LogP contribution in [0.1, 0.15) is 38.7 Å². The van der Waals surface area contributed by atoms with Gasteiger partial charge in [0.15, 0.2) is 0 Å². The highest BCUT2D eigenvalue weighted by Gasteiger charge is 2.34. The van der Waals surface area contributed by atoms with Crippen molar-refractivity contribution in [1.29, 1.82) is 0 Å². The van der Waals surface area contributed by atoms with Crippen LogP contribution < -0.4 is 4.74 Å². The smallest absolute Gasteiger partial charge is 0.130 e. The summed E-state index contributed by atoms with van der Waals surface area (Å²) in [7, 11) is 0.